The molecule has 2 aromatic heterocycles. The van der Waals surface area contributed by atoms with Crippen molar-refractivity contribution in [2.45, 2.75) is 0 Å². The van der Waals surface area contributed by atoms with Crippen LogP contribution in [0.5, 0.6) is 0 Å². The van der Waals surface area contributed by atoms with E-state index in [1.54, 1.807) is 0 Å². The lowest BCUT2D eigenvalue weighted by molar-refractivity contribution is 0.615. The molecule has 2 N–H and O–H groups in total. The molecule has 5 heteroatoms. The molecular weight excluding hydrogens is 219 g/mol. The zero-order chi connectivity index (χ0) is 11.8. The number of nitrogens with zero attached hydrogens (tertiary/aromatic N) is 3. The molecule has 0 unspecified atom stereocenters. The van der Waals surface area contributed by atoms with Gasteiger partial charge in [0.05, 0.1) is 11.9 Å². The molecule has 3 rings (SSSR count). The summed E-state index contributed by atoms with van der Waals surface area (Å²) in [6, 6.07) is 10.7. The maximum Gasteiger partial charge on any atom is 0.182 e. The standard InChI is InChI=1S/C12H9FN4/c13-9-6-10(14)12-15-11(16-17(12)7-9)8-4-2-1-3-5-8/h1-7H,14H2. The first-order valence-electron chi connectivity index (χ1n) is 5.11. The third-order valence-corrected chi connectivity index (χ3v) is 2.46. The van der Waals surface area contributed by atoms with E-state index in [-0.39, 0.29) is 5.69 Å². The van der Waals surface area contributed by atoms with Crippen molar-refractivity contribution in [2.24, 2.45) is 0 Å². The topological polar surface area (TPSA) is 56.2 Å². The van der Waals surface area contributed by atoms with Gasteiger partial charge >= 0.3 is 0 Å². The average Bonchev–Trinajstić information content (AvgIpc) is 2.74. The van der Waals surface area contributed by atoms with Crippen molar-refractivity contribution >= 4 is 11.3 Å². The Hall–Kier alpha value is -2.43. The summed E-state index contributed by atoms with van der Waals surface area (Å²) in [5, 5.41) is 4.19. The Morgan fingerprint density at radius 1 is 1.18 bits per heavy atom. The molecule has 3 aromatic rings. The van der Waals surface area contributed by atoms with Crippen molar-refractivity contribution in [3.8, 4) is 11.4 Å². The molecule has 84 valence electrons. The molecule has 0 saturated heterocycles. The van der Waals surface area contributed by atoms with E-state index in [0.29, 0.717) is 11.5 Å². The molecule has 0 aliphatic heterocycles. The van der Waals surface area contributed by atoms with Crippen molar-refractivity contribution in [2.75, 3.05) is 5.73 Å². The largest absolute Gasteiger partial charge is 0.396 e. The van der Waals surface area contributed by atoms with Crippen molar-refractivity contribution in [1.82, 2.24) is 14.6 Å². The zero-order valence-electron chi connectivity index (χ0n) is 8.84. The van der Waals surface area contributed by atoms with E-state index in [4.69, 9.17) is 5.73 Å². The molecule has 0 radical (unpaired) electrons. The van der Waals surface area contributed by atoms with Gasteiger partial charge in [0.1, 0.15) is 5.82 Å². The monoisotopic (exact) mass is 228 g/mol. The van der Waals surface area contributed by atoms with Crippen LogP contribution in [0.1, 0.15) is 0 Å². The number of aromatic nitrogens is 3. The Labute approximate surface area is 96.5 Å². The summed E-state index contributed by atoms with van der Waals surface area (Å²) >= 11 is 0. The highest BCUT2D eigenvalue weighted by Gasteiger charge is 2.09. The van der Waals surface area contributed by atoms with Gasteiger partial charge in [0.25, 0.3) is 0 Å². The van der Waals surface area contributed by atoms with Gasteiger partial charge in [-0.2, -0.15) is 0 Å². The molecule has 0 fully saturated rings. The SMILES string of the molecule is Nc1cc(F)cn2nc(-c3ccccc3)nc12. The van der Waals surface area contributed by atoms with Crippen LogP contribution in [0.15, 0.2) is 42.6 Å². The fourth-order valence-corrected chi connectivity index (χ4v) is 1.69. The lowest BCUT2D eigenvalue weighted by Crippen LogP contribution is -1.95. The van der Waals surface area contributed by atoms with Gasteiger partial charge in [-0.25, -0.2) is 13.9 Å². The number of hydrogen-bond donors (Lipinski definition) is 1. The number of rotatable bonds is 1. The summed E-state index contributed by atoms with van der Waals surface area (Å²) in [4.78, 5) is 4.28. The molecule has 17 heavy (non-hydrogen) atoms. The van der Waals surface area contributed by atoms with Gasteiger partial charge in [-0.05, 0) is 0 Å². The summed E-state index contributed by atoms with van der Waals surface area (Å²) in [5.74, 6) is 0.0995. The van der Waals surface area contributed by atoms with Gasteiger partial charge in [-0.3, -0.25) is 0 Å². The fourth-order valence-electron chi connectivity index (χ4n) is 1.69. The van der Waals surface area contributed by atoms with Gasteiger partial charge in [0.15, 0.2) is 11.5 Å². The summed E-state index contributed by atoms with van der Waals surface area (Å²) < 4.78 is 14.5. The van der Waals surface area contributed by atoms with Crippen molar-refractivity contribution in [3.63, 3.8) is 0 Å². The Bertz CT molecular complexity index is 676. The Kier molecular flexibility index (Phi) is 2.04. The van der Waals surface area contributed by atoms with Crippen molar-refractivity contribution < 1.29 is 4.39 Å². The van der Waals surface area contributed by atoms with Crippen LogP contribution in [0.3, 0.4) is 0 Å². The minimum atomic E-state index is -0.431. The van der Waals surface area contributed by atoms with Crippen molar-refractivity contribution in [3.05, 3.63) is 48.4 Å². The first-order chi connectivity index (χ1) is 8.24. The first-order valence-corrected chi connectivity index (χ1v) is 5.11. The Balaban J connectivity index is 2.24. The summed E-state index contributed by atoms with van der Waals surface area (Å²) in [6.07, 6.45) is 1.26. The van der Waals surface area contributed by atoms with Gasteiger partial charge in [-0.1, -0.05) is 30.3 Å². The summed E-state index contributed by atoms with van der Waals surface area (Å²) in [7, 11) is 0. The van der Waals surface area contributed by atoms with Gasteiger partial charge in [-0.15, -0.1) is 5.10 Å². The van der Waals surface area contributed by atoms with Gasteiger partial charge in [0, 0.05) is 11.6 Å². The highest BCUT2D eigenvalue weighted by molar-refractivity contribution is 5.68. The van der Waals surface area contributed by atoms with E-state index in [2.05, 4.69) is 10.1 Å². The Morgan fingerprint density at radius 2 is 1.94 bits per heavy atom. The summed E-state index contributed by atoms with van der Waals surface area (Å²) in [6.45, 7) is 0. The number of fused-ring (bicyclic) bond motifs is 1. The number of anilines is 1. The molecule has 0 bridgehead atoms. The second-order valence-electron chi connectivity index (χ2n) is 3.68. The van der Waals surface area contributed by atoms with Crippen molar-refractivity contribution in [1.29, 1.82) is 0 Å². The van der Waals surface area contributed by atoms with Gasteiger partial charge < -0.3 is 5.73 Å². The van der Waals surface area contributed by atoms with Crippen LogP contribution in [0, 0.1) is 5.82 Å². The Morgan fingerprint density at radius 3 is 2.71 bits per heavy atom. The number of nitrogens with two attached hydrogens (primary N) is 1. The van der Waals surface area contributed by atoms with E-state index < -0.39 is 5.82 Å². The molecule has 0 atom stereocenters. The molecule has 0 aliphatic rings. The smallest absolute Gasteiger partial charge is 0.182 e. The maximum absolute atomic E-state index is 13.1. The van der Waals surface area contributed by atoms with E-state index in [9.17, 15) is 4.39 Å². The molecular formula is C12H9FN4. The zero-order valence-corrected chi connectivity index (χ0v) is 8.84. The molecule has 1 aromatic carbocycles. The number of pyridine rings is 1. The predicted octanol–water partition coefficient (Wildman–Crippen LogP) is 2.12. The van der Waals surface area contributed by atoms with Crippen LogP contribution in [0.25, 0.3) is 17.0 Å². The highest BCUT2D eigenvalue weighted by atomic mass is 19.1. The molecule has 0 saturated carbocycles. The minimum Gasteiger partial charge on any atom is -0.396 e. The molecule has 2 heterocycles. The number of halogens is 1. The fraction of sp³-hybridized carbons (Fsp3) is 0. The first kappa shape index (κ1) is 9.77. The quantitative estimate of drug-likeness (QED) is 0.694. The van der Waals surface area contributed by atoms with E-state index in [1.807, 2.05) is 30.3 Å². The van der Waals surface area contributed by atoms with E-state index in [0.717, 1.165) is 5.56 Å². The molecule has 0 spiro atoms. The number of hydrogen-bond acceptors (Lipinski definition) is 3. The second kappa shape index (κ2) is 3.55. The van der Waals surface area contributed by atoms with E-state index >= 15 is 0 Å². The van der Waals surface area contributed by atoms with Crippen LogP contribution in [0.2, 0.25) is 0 Å². The lowest BCUT2D eigenvalue weighted by atomic mass is 10.2. The van der Waals surface area contributed by atoms with Crippen LogP contribution >= 0.6 is 0 Å². The van der Waals surface area contributed by atoms with Gasteiger partial charge in [0.2, 0.25) is 0 Å². The molecule has 4 nitrogen and oxygen atoms in total. The highest BCUT2D eigenvalue weighted by Crippen LogP contribution is 2.19. The third-order valence-electron chi connectivity index (χ3n) is 2.46. The predicted molar refractivity (Wildman–Crippen MR) is 62.8 cm³/mol. The molecule has 0 aliphatic carbocycles. The van der Waals surface area contributed by atoms with Crippen LogP contribution in [0.4, 0.5) is 10.1 Å². The van der Waals surface area contributed by atoms with Crippen LogP contribution in [-0.4, -0.2) is 14.6 Å². The summed E-state index contributed by atoms with van der Waals surface area (Å²) in [5.41, 5.74) is 7.30. The minimum absolute atomic E-state index is 0.277. The van der Waals surface area contributed by atoms with Crippen LogP contribution in [-0.2, 0) is 0 Å². The molecule has 0 amide bonds. The average molecular weight is 228 g/mol. The third kappa shape index (κ3) is 1.61. The number of benzene rings is 1. The lowest BCUT2D eigenvalue weighted by Gasteiger charge is -1.95. The van der Waals surface area contributed by atoms with E-state index in [1.165, 1.54) is 16.8 Å². The number of nitrogen functional groups attached to an aromatic ring is 1. The van der Waals surface area contributed by atoms with Crippen LogP contribution < -0.4 is 5.73 Å². The normalized spacial score (nSPS) is 10.9. The maximum atomic E-state index is 13.1. The second-order valence-corrected chi connectivity index (χ2v) is 3.68.